The molecule has 0 fully saturated rings. The number of esters is 1. The summed E-state index contributed by atoms with van der Waals surface area (Å²) in [5.74, 6) is -0.540. The molecule has 0 aromatic heterocycles. The number of phosphoric ester groups is 1. The molecule has 0 aliphatic carbocycles. The van der Waals surface area contributed by atoms with E-state index in [9.17, 15) is 24.2 Å². The number of ether oxygens (including phenoxy) is 1. The van der Waals surface area contributed by atoms with Crippen LogP contribution in [-0.2, 0) is 27.9 Å². The van der Waals surface area contributed by atoms with E-state index in [1.54, 1.807) is 0 Å². The van der Waals surface area contributed by atoms with Crippen molar-refractivity contribution in [2.75, 3.05) is 26.4 Å². The molecule has 2 atom stereocenters. The molecule has 0 rings (SSSR count). The van der Waals surface area contributed by atoms with Crippen LogP contribution in [0.3, 0.4) is 0 Å². The van der Waals surface area contributed by atoms with Crippen molar-refractivity contribution >= 4 is 19.7 Å². The van der Waals surface area contributed by atoms with Gasteiger partial charge in [0.15, 0.2) is 0 Å². The van der Waals surface area contributed by atoms with Gasteiger partial charge in [0.1, 0.15) is 12.7 Å². The Morgan fingerprint density at radius 1 is 0.620 bits per heavy atom. The molecule has 0 aromatic rings. The smallest absolute Gasteiger partial charge is 0.463 e. The van der Waals surface area contributed by atoms with Crippen LogP contribution in [0.15, 0.2) is 36.5 Å². The second kappa shape index (κ2) is 37.0. The zero-order valence-electron chi connectivity index (χ0n) is 31.8. The fourth-order valence-corrected chi connectivity index (χ4v) is 5.97. The summed E-state index contributed by atoms with van der Waals surface area (Å²) in [5.41, 5.74) is 0. The summed E-state index contributed by atoms with van der Waals surface area (Å²) in [6.07, 6.45) is 39.2. The van der Waals surface area contributed by atoms with Gasteiger partial charge in [-0.25, -0.2) is 4.57 Å². The standard InChI is InChI=1S/C40H74NO8P/c1-3-5-7-9-11-13-15-17-19-21-23-25-27-29-31-33-40(44)47-36-38(42)37-49-50(45,46)48-35-34-41-39(43)32-30-28-26-24-22-20-18-16-14-12-10-8-6-4-2/h10,12,16-19,38,42H,3-9,11,13-15,20-37H2,1-2H3,(H,41,43)(H,45,46)/b12-10-,18-16-,19-17-. The number of aliphatic hydroxyl groups excluding tert-OH is 1. The first-order chi connectivity index (χ1) is 24.3. The number of hydrogen-bond acceptors (Lipinski definition) is 7. The molecule has 0 aliphatic heterocycles. The van der Waals surface area contributed by atoms with Crippen molar-refractivity contribution in [1.82, 2.24) is 5.32 Å². The van der Waals surface area contributed by atoms with Crippen LogP contribution in [0.1, 0.15) is 174 Å². The molecule has 0 heterocycles. The van der Waals surface area contributed by atoms with Gasteiger partial charge in [-0.15, -0.1) is 0 Å². The maximum atomic E-state index is 12.1. The first-order valence-electron chi connectivity index (χ1n) is 20.0. The van der Waals surface area contributed by atoms with Crippen LogP contribution in [0.2, 0.25) is 0 Å². The Kier molecular flexibility index (Phi) is 35.7. The molecule has 0 aliphatic rings. The number of carbonyl (C=O) groups is 2. The number of carbonyl (C=O) groups excluding carboxylic acids is 2. The normalized spacial score (nSPS) is 13.8. The summed E-state index contributed by atoms with van der Waals surface area (Å²) in [5, 5.41) is 12.6. The van der Waals surface area contributed by atoms with E-state index in [0.29, 0.717) is 6.42 Å². The summed E-state index contributed by atoms with van der Waals surface area (Å²) in [7, 11) is -4.42. The Hall–Kier alpha value is -1.77. The molecular formula is C40H74NO8P. The molecule has 2 unspecified atom stereocenters. The quantitative estimate of drug-likeness (QED) is 0.0249. The third kappa shape index (κ3) is 37.5. The number of aliphatic hydroxyl groups is 1. The van der Waals surface area contributed by atoms with Crippen LogP contribution in [0.25, 0.3) is 0 Å². The highest BCUT2D eigenvalue weighted by molar-refractivity contribution is 7.47. The number of amides is 1. The molecule has 10 heteroatoms. The summed E-state index contributed by atoms with van der Waals surface area (Å²) < 4.78 is 26.8. The van der Waals surface area contributed by atoms with Gasteiger partial charge in [-0.1, -0.05) is 134 Å². The Bertz CT molecular complexity index is 923. The number of hydrogen-bond donors (Lipinski definition) is 3. The predicted octanol–water partition coefficient (Wildman–Crippen LogP) is 10.6. The molecule has 0 spiro atoms. The fourth-order valence-electron chi connectivity index (χ4n) is 5.21. The second-order valence-electron chi connectivity index (χ2n) is 13.2. The lowest BCUT2D eigenvalue weighted by Gasteiger charge is -2.15. The SMILES string of the molecule is CCCC/C=C\C/C=C\CCCCCCCC(=O)NCCOP(=O)(O)OCC(O)COC(=O)CCCCCCC/C=C\CCCCCCCC. The zero-order chi connectivity index (χ0) is 36.8. The Morgan fingerprint density at radius 3 is 1.68 bits per heavy atom. The van der Waals surface area contributed by atoms with Gasteiger partial charge in [-0.05, 0) is 64.2 Å². The van der Waals surface area contributed by atoms with Crippen LogP contribution in [-0.4, -0.2) is 54.3 Å². The monoisotopic (exact) mass is 728 g/mol. The van der Waals surface area contributed by atoms with Gasteiger partial charge in [0.2, 0.25) is 5.91 Å². The van der Waals surface area contributed by atoms with E-state index in [2.05, 4.69) is 55.6 Å². The minimum atomic E-state index is -4.42. The summed E-state index contributed by atoms with van der Waals surface area (Å²) >= 11 is 0. The van der Waals surface area contributed by atoms with Crippen molar-refractivity contribution in [3.8, 4) is 0 Å². The van der Waals surface area contributed by atoms with E-state index in [-0.39, 0.29) is 32.1 Å². The van der Waals surface area contributed by atoms with Crippen LogP contribution in [0, 0.1) is 0 Å². The average molecular weight is 728 g/mol. The first-order valence-corrected chi connectivity index (χ1v) is 21.5. The molecule has 0 saturated carbocycles. The average Bonchev–Trinajstić information content (AvgIpc) is 3.10. The number of unbranched alkanes of at least 4 members (excludes halogenated alkanes) is 18. The van der Waals surface area contributed by atoms with Crippen molar-refractivity contribution in [3.05, 3.63) is 36.5 Å². The van der Waals surface area contributed by atoms with Crippen molar-refractivity contribution in [1.29, 1.82) is 0 Å². The van der Waals surface area contributed by atoms with E-state index in [4.69, 9.17) is 13.8 Å². The molecule has 0 radical (unpaired) electrons. The van der Waals surface area contributed by atoms with Gasteiger partial charge in [0.25, 0.3) is 0 Å². The highest BCUT2D eigenvalue weighted by Gasteiger charge is 2.23. The molecule has 0 aromatic carbocycles. The number of phosphoric acid groups is 1. The third-order valence-corrected chi connectivity index (χ3v) is 9.28. The highest BCUT2D eigenvalue weighted by atomic mass is 31.2. The number of nitrogens with one attached hydrogen (secondary N) is 1. The molecule has 50 heavy (non-hydrogen) atoms. The molecule has 9 nitrogen and oxygen atoms in total. The molecule has 0 bridgehead atoms. The van der Waals surface area contributed by atoms with Crippen molar-refractivity contribution in [2.45, 2.75) is 180 Å². The largest absolute Gasteiger partial charge is 0.472 e. The Balaban J connectivity index is 3.65. The van der Waals surface area contributed by atoms with Crippen LogP contribution < -0.4 is 5.32 Å². The lowest BCUT2D eigenvalue weighted by atomic mass is 10.1. The van der Waals surface area contributed by atoms with Gasteiger partial charge in [-0.3, -0.25) is 18.6 Å². The minimum absolute atomic E-state index is 0.0728. The lowest BCUT2D eigenvalue weighted by Crippen LogP contribution is -2.27. The predicted molar refractivity (Wildman–Crippen MR) is 206 cm³/mol. The van der Waals surface area contributed by atoms with Gasteiger partial charge in [-0.2, -0.15) is 0 Å². The lowest BCUT2D eigenvalue weighted by molar-refractivity contribution is -0.147. The maximum absolute atomic E-state index is 12.1. The van der Waals surface area contributed by atoms with Crippen LogP contribution in [0.4, 0.5) is 0 Å². The summed E-state index contributed by atoms with van der Waals surface area (Å²) in [6, 6.07) is 0. The van der Waals surface area contributed by atoms with Crippen molar-refractivity contribution in [3.63, 3.8) is 0 Å². The van der Waals surface area contributed by atoms with Crippen LogP contribution in [0.5, 0.6) is 0 Å². The molecule has 292 valence electrons. The van der Waals surface area contributed by atoms with Gasteiger partial charge in [0, 0.05) is 19.4 Å². The first kappa shape index (κ1) is 48.2. The Labute approximate surface area is 305 Å². The van der Waals surface area contributed by atoms with Crippen LogP contribution >= 0.6 is 7.82 Å². The van der Waals surface area contributed by atoms with Crippen molar-refractivity contribution in [2.24, 2.45) is 0 Å². The molecule has 3 N–H and O–H groups in total. The van der Waals surface area contributed by atoms with Gasteiger partial charge < -0.3 is 20.1 Å². The summed E-state index contributed by atoms with van der Waals surface area (Å²) in [6.45, 7) is 3.47. The van der Waals surface area contributed by atoms with Crippen molar-refractivity contribution < 1.29 is 37.9 Å². The second-order valence-corrected chi connectivity index (χ2v) is 14.7. The number of allylic oxidation sites excluding steroid dienone is 6. The zero-order valence-corrected chi connectivity index (χ0v) is 32.7. The van der Waals surface area contributed by atoms with E-state index < -0.39 is 26.5 Å². The fraction of sp³-hybridized carbons (Fsp3) is 0.800. The van der Waals surface area contributed by atoms with E-state index in [0.717, 1.165) is 83.5 Å². The highest BCUT2D eigenvalue weighted by Crippen LogP contribution is 2.42. The topological polar surface area (TPSA) is 131 Å². The Morgan fingerprint density at radius 2 is 1.10 bits per heavy atom. The maximum Gasteiger partial charge on any atom is 0.472 e. The summed E-state index contributed by atoms with van der Waals surface area (Å²) in [4.78, 5) is 33.8. The van der Waals surface area contributed by atoms with E-state index >= 15 is 0 Å². The molecule has 1 amide bonds. The third-order valence-electron chi connectivity index (χ3n) is 8.29. The molecular weight excluding hydrogens is 653 g/mol. The number of rotatable bonds is 37. The molecule has 0 saturated heterocycles. The van der Waals surface area contributed by atoms with E-state index in [1.807, 2.05) is 0 Å². The minimum Gasteiger partial charge on any atom is -0.463 e. The van der Waals surface area contributed by atoms with Gasteiger partial charge >= 0.3 is 13.8 Å². The van der Waals surface area contributed by atoms with E-state index in [1.165, 1.54) is 64.2 Å². The van der Waals surface area contributed by atoms with Gasteiger partial charge in [0.05, 0.1) is 13.2 Å².